The Hall–Kier alpha value is -3.09. The molecule has 15 atom stereocenters. The SMILES string of the molecule is CCCC(=O)O[C@@H]1[C@@H](C)O[C@@H](O[C@@H]2[C@@H](N(C)C)[C@H](O)[C@@H](O[C@@H]3[C@@H](CC=O)C[C@@H](C)C(=O)/C=C/C=C/C[C@@H](C)OC(=O)C[C@@H](OC(=O)CC)[C@@H]3OC)O[C@H]2C)C[C@@]1(C)O. The molecule has 0 unspecified atom stereocenters. The number of rotatable bonds is 13. The lowest BCUT2D eigenvalue weighted by molar-refractivity contribution is -0.344. The van der Waals surface area contributed by atoms with Crippen LogP contribution in [-0.2, 0) is 61.9 Å². The van der Waals surface area contributed by atoms with Crippen LogP contribution in [0, 0.1) is 11.8 Å². The number of carbonyl (C=O) groups is 5. The van der Waals surface area contributed by atoms with Crippen LogP contribution in [0.3, 0.4) is 0 Å². The van der Waals surface area contributed by atoms with Gasteiger partial charge in [0.15, 0.2) is 24.5 Å². The van der Waals surface area contributed by atoms with Gasteiger partial charge in [-0.15, -0.1) is 0 Å². The molecule has 330 valence electrons. The Balaban J connectivity index is 2.00. The Morgan fingerprint density at radius 2 is 1.69 bits per heavy atom. The minimum atomic E-state index is -1.50. The molecule has 0 aliphatic carbocycles. The summed E-state index contributed by atoms with van der Waals surface area (Å²) >= 11 is 0. The molecule has 16 heteroatoms. The van der Waals surface area contributed by atoms with Gasteiger partial charge >= 0.3 is 17.9 Å². The second-order valence-electron chi connectivity index (χ2n) is 16.2. The van der Waals surface area contributed by atoms with Gasteiger partial charge in [-0.3, -0.25) is 19.2 Å². The van der Waals surface area contributed by atoms with E-state index in [1.54, 1.807) is 78.8 Å². The summed E-state index contributed by atoms with van der Waals surface area (Å²) in [6, 6.07) is -0.793. The molecule has 0 aromatic heterocycles. The lowest BCUT2D eigenvalue weighted by atomic mass is 9.83. The maximum atomic E-state index is 13.3. The summed E-state index contributed by atoms with van der Waals surface area (Å²) in [6.07, 6.45) is -3.34. The fourth-order valence-electron chi connectivity index (χ4n) is 7.90. The van der Waals surface area contributed by atoms with Crippen molar-refractivity contribution in [3.63, 3.8) is 0 Å². The molecular formula is C42H67NO15. The fourth-order valence-corrected chi connectivity index (χ4v) is 7.90. The number of ether oxygens (including phenoxy) is 8. The second kappa shape index (κ2) is 23.1. The summed E-state index contributed by atoms with van der Waals surface area (Å²) in [6.45, 7) is 11.9. The van der Waals surface area contributed by atoms with Gasteiger partial charge in [0.2, 0.25) is 0 Å². The highest BCUT2D eigenvalue weighted by molar-refractivity contribution is 5.91. The number of allylic oxidation sites excluding steroid dienone is 3. The third kappa shape index (κ3) is 13.7. The molecule has 2 fully saturated rings. The molecule has 0 amide bonds. The highest BCUT2D eigenvalue weighted by Gasteiger charge is 2.53. The van der Waals surface area contributed by atoms with Crippen molar-refractivity contribution >= 4 is 30.0 Å². The predicted octanol–water partition coefficient (Wildman–Crippen LogP) is 3.37. The molecule has 2 N–H and O–H groups in total. The Labute approximate surface area is 342 Å². The van der Waals surface area contributed by atoms with Gasteiger partial charge in [0.05, 0.1) is 30.8 Å². The molecule has 0 aromatic rings. The smallest absolute Gasteiger partial charge is 0.309 e. The van der Waals surface area contributed by atoms with Crippen LogP contribution >= 0.6 is 0 Å². The van der Waals surface area contributed by atoms with Crippen LogP contribution in [0.5, 0.6) is 0 Å². The maximum absolute atomic E-state index is 13.3. The molecule has 3 heterocycles. The summed E-state index contributed by atoms with van der Waals surface area (Å²) < 4.78 is 48.6. The van der Waals surface area contributed by atoms with E-state index in [4.69, 9.17) is 37.9 Å². The van der Waals surface area contributed by atoms with Crippen LogP contribution in [0.25, 0.3) is 0 Å². The van der Waals surface area contributed by atoms with E-state index in [9.17, 15) is 34.2 Å². The van der Waals surface area contributed by atoms with E-state index in [-0.39, 0.29) is 37.9 Å². The molecule has 0 bridgehead atoms. The molecule has 0 saturated carbocycles. The van der Waals surface area contributed by atoms with Crippen LogP contribution in [0.15, 0.2) is 24.3 Å². The molecule has 0 spiro atoms. The summed E-state index contributed by atoms with van der Waals surface area (Å²) in [5.41, 5.74) is -1.50. The van der Waals surface area contributed by atoms with E-state index in [2.05, 4.69) is 0 Å². The van der Waals surface area contributed by atoms with Gasteiger partial charge in [-0.2, -0.15) is 0 Å². The number of nitrogens with zero attached hydrogens (tertiary/aromatic N) is 1. The van der Waals surface area contributed by atoms with Crippen LogP contribution in [0.2, 0.25) is 0 Å². The number of carbonyl (C=O) groups excluding carboxylic acids is 5. The number of aliphatic hydroxyl groups excluding tert-OH is 1. The third-order valence-electron chi connectivity index (χ3n) is 10.9. The highest BCUT2D eigenvalue weighted by atomic mass is 16.7. The van der Waals surface area contributed by atoms with E-state index in [1.165, 1.54) is 13.2 Å². The zero-order valence-corrected chi connectivity index (χ0v) is 35.8. The van der Waals surface area contributed by atoms with Crippen LogP contribution in [0.1, 0.15) is 99.8 Å². The van der Waals surface area contributed by atoms with Crippen molar-refractivity contribution in [3.8, 4) is 0 Å². The quantitative estimate of drug-likeness (QED) is 0.155. The molecule has 2 saturated heterocycles. The van der Waals surface area contributed by atoms with Gasteiger partial charge in [0.1, 0.15) is 42.4 Å². The second-order valence-corrected chi connectivity index (χ2v) is 16.2. The standard InChI is InChI=1S/C42H67NO15/c1-11-16-32(47)56-40-27(6)53-34(23-42(40,7)50)57-37-26(5)54-41(36(49)35(37)43(8)9)58-38-28(19-20-44)21-24(3)29(45)18-15-13-14-17-25(4)52-33(48)22-30(39(38)51-10)55-31(46)12-2/h13-15,18,20,24-28,30,34-41,49-50H,11-12,16-17,19,21-23H2,1-10H3/b14-13+,18-15+/t24-,25-,26+,27-,28+,30-,34+,35+,36+,37+,38-,39+,40-,41-,42-/m1/s1. The maximum Gasteiger partial charge on any atom is 0.309 e. The van der Waals surface area contributed by atoms with Crippen LogP contribution < -0.4 is 0 Å². The summed E-state index contributed by atoms with van der Waals surface area (Å²) in [4.78, 5) is 65.7. The molecule has 3 aliphatic heterocycles. The van der Waals surface area contributed by atoms with Crippen molar-refractivity contribution in [2.45, 2.75) is 179 Å². The zero-order chi connectivity index (χ0) is 43.3. The Kier molecular flexibility index (Phi) is 19.6. The largest absolute Gasteiger partial charge is 0.462 e. The number of ketones is 1. The van der Waals surface area contributed by atoms with E-state index in [1.807, 2.05) is 6.92 Å². The Morgan fingerprint density at radius 3 is 2.29 bits per heavy atom. The number of methoxy groups -OCH3 is 1. The van der Waals surface area contributed by atoms with E-state index >= 15 is 0 Å². The van der Waals surface area contributed by atoms with E-state index < -0.39 is 115 Å². The van der Waals surface area contributed by atoms with Crippen molar-refractivity contribution in [1.82, 2.24) is 4.90 Å². The van der Waals surface area contributed by atoms with Gasteiger partial charge < -0.3 is 57.8 Å². The first-order valence-corrected chi connectivity index (χ1v) is 20.5. The third-order valence-corrected chi connectivity index (χ3v) is 10.9. The van der Waals surface area contributed by atoms with E-state index in [0.717, 1.165) is 0 Å². The molecule has 16 nitrogen and oxygen atoms in total. The number of aliphatic hydroxyl groups is 2. The Bertz CT molecular complexity index is 1420. The number of aldehydes is 1. The van der Waals surface area contributed by atoms with Gasteiger partial charge in [-0.05, 0) is 66.6 Å². The van der Waals surface area contributed by atoms with Crippen molar-refractivity contribution in [3.05, 3.63) is 24.3 Å². The first kappa shape index (κ1) is 49.3. The summed E-state index contributed by atoms with van der Waals surface area (Å²) in [7, 11) is 4.83. The minimum absolute atomic E-state index is 0.0121. The molecule has 3 aliphatic rings. The molecule has 58 heavy (non-hydrogen) atoms. The fraction of sp³-hybridized carbons (Fsp3) is 0.786. The van der Waals surface area contributed by atoms with Crippen molar-refractivity contribution < 1.29 is 72.1 Å². The summed E-state index contributed by atoms with van der Waals surface area (Å²) in [5.74, 6) is -3.28. The van der Waals surface area contributed by atoms with E-state index in [0.29, 0.717) is 19.1 Å². The monoisotopic (exact) mass is 825 g/mol. The topological polar surface area (TPSA) is 203 Å². The summed E-state index contributed by atoms with van der Waals surface area (Å²) in [5, 5.41) is 23.5. The van der Waals surface area contributed by atoms with Crippen molar-refractivity contribution in [2.75, 3.05) is 21.2 Å². The zero-order valence-electron chi connectivity index (χ0n) is 35.8. The van der Waals surface area contributed by atoms with Crippen LogP contribution in [-0.4, -0.2) is 145 Å². The van der Waals surface area contributed by atoms with Gasteiger partial charge in [-0.25, -0.2) is 0 Å². The molecule has 0 radical (unpaired) electrons. The number of cyclic esters (lactones) is 1. The molecule has 0 aromatic carbocycles. The van der Waals surface area contributed by atoms with Crippen LogP contribution in [0.4, 0.5) is 0 Å². The van der Waals surface area contributed by atoms with Gasteiger partial charge in [0.25, 0.3) is 0 Å². The van der Waals surface area contributed by atoms with Gasteiger partial charge in [0, 0.05) is 45.1 Å². The minimum Gasteiger partial charge on any atom is -0.462 e. The Morgan fingerprint density at radius 1 is 0.983 bits per heavy atom. The first-order chi connectivity index (χ1) is 27.4. The van der Waals surface area contributed by atoms with Crippen molar-refractivity contribution in [2.24, 2.45) is 11.8 Å². The van der Waals surface area contributed by atoms with Gasteiger partial charge in [-0.1, -0.05) is 39.0 Å². The molecular weight excluding hydrogens is 758 g/mol. The first-order valence-electron chi connectivity index (χ1n) is 20.5. The average molecular weight is 826 g/mol. The lowest BCUT2D eigenvalue weighted by Gasteiger charge is -2.50. The number of hydrogen-bond donors (Lipinski definition) is 2. The predicted molar refractivity (Wildman–Crippen MR) is 209 cm³/mol. The normalized spacial score (nSPS) is 39.3. The number of esters is 3. The lowest BCUT2D eigenvalue weighted by Crippen LogP contribution is -2.66. The molecule has 3 rings (SSSR count). The van der Waals surface area contributed by atoms with Crippen molar-refractivity contribution in [1.29, 1.82) is 0 Å². The number of likely N-dealkylation sites (N-methyl/N-ethyl adjacent to an activating group) is 1. The number of hydrogen-bond acceptors (Lipinski definition) is 16. The average Bonchev–Trinajstić information content (AvgIpc) is 3.13. The highest BCUT2D eigenvalue weighted by Crippen LogP contribution is 2.37.